The van der Waals surface area contributed by atoms with Crippen LogP contribution in [0.15, 0.2) is 66.7 Å². The molecular weight excluding hydrogens is 284 g/mol. The third kappa shape index (κ3) is 3.92. The second-order valence-electron chi connectivity index (χ2n) is 5.16. The SMILES string of the molecule is N#Cc1ccc(NCCc2cccc(-c3ccccc3)c2)nn1. The van der Waals surface area contributed by atoms with Crippen molar-refractivity contribution in [1.29, 1.82) is 5.26 Å². The second-order valence-corrected chi connectivity index (χ2v) is 5.16. The number of hydrogen-bond donors (Lipinski definition) is 1. The van der Waals surface area contributed by atoms with Gasteiger partial charge in [0.15, 0.2) is 5.69 Å². The first-order valence-corrected chi connectivity index (χ1v) is 7.47. The molecule has 0 amide bonds. The maximum absolute atomic E-state index is 8.70. The van der Waals surface area contributed by atoms with Crippen molar-refractivity contribution >= 4 is 5.82 Å². The molecule has 1 N–H and O–H groups in total. The third-order valence-corrected chi connectivity index (χ3v) is 3.53. The van der Waals surface area contributed by atoms with Crippen molar-refractivity contribution in [2.24, 2.45) is 0 Å². The lowest BCUT2D eigenvalue weighted by atomic mass is 10.0. The zero-order chi connectivity index (χ0) is 15.9. The highest BCUT2D eigenvalue weighted by Gasteiger charge is 2.00. The average molecular weight is 300 g/mol. The molecule has 4 nitrogen and oxygen atoms in total. The van der Waals surface area contributed by atoms with Gasteiger partial charge in [0.25, 0.3) is 0 Å². The van der Waals surface area contributed by atoms with E-state index in [2.05, 4.69) is 51.9 Å². The van der Waals surface area contributed by atoms with Gasteiger partial charge in [0.1, 0.15) is 11.9 Å². The maximum Gasteiger partial charge on any atom is 0.163 e. The first kappa shape index (κ1) is 14.7. The lowest BCUT2D eigenvalue weighted by Gasteiger charge is -2.07. The molecule has 4 heteroatoms. The van der Waals surface area contributed by atoms with E-state index in [-0.39, 0.29) is 0 Å². The Balaban J connectivity index is 1.61. The van der Waals surface area contributed by atoms with E-state index in [0.717, 1.165) is 13.0 Å². The zero-order valence-corrected chi connectivity index (χ0v) is 12.6. The standard InChI is InChI=1S/C19H16N4/c20-14-18-9-10-19(23-22-18)21-12-11-15-5-4-8-17(13-15)16-6-2-1-3-7-16/h1-10,13H,11-12H2,(H,21,23). The molecule has 0 aliphatic heterocycles. The van der Waals surface area contributed by atoms with Crippen LogP contribution >= 0.6 is 0 Å². The molecule has 0 aliphatic rings. The van der Waals surface area contributed by atoms with Crippen LogP contribution in [0.2, 0.25) is 0 Å². The van der Waals surface area contributed by atoms with E-state index in [4.69, 9.17) is 5.26 Å². The molecule has 0 unspecified atom stereocenters. The van der Waals surface area contributed by atoms with E-state index in [9.17, 15) is 0 Å². The number of nitriles is 1. The third-order valence-electron chi connectivity index (χ3n) is 3.53. The van der Waals surface area contributed by atoms with Gasteiger partial charge in [-0.05, 0) is 35.2 Å². The van der Waals surface area contributed by atoms with Crippen molar-refractivity contribution < 1.29 is 0 Å². The van der Waals surface area contributed by atoms with Gasteiger partial charge in [-0.15, -0.1) is 10.2 Å². The van der Waals surface area contributed by atoms with E-state index < -0.39 is 0 Å². The fourth-order valence-corrected chi connectivity index (χ4v) is 2.36. The summed E-state index contributed by atoms with van der Waals surface area (Å²) in [6.07, 6.45) is 0.891. The van der Waals surface area contributed by atoms with Crippen molar-refractivity contribution in [3.8, 4) is 17.2 Å². The normalized spacial score (nSPS) is 10.0. The summed E-state index contributed by atoms with van der Waals surface area (Å²) in [5.41, 5.74) is 4.04. The fourth-order valence-electron chi connectivity index (χ4n) is 2.36. The molecule has 0 aliphatic carbocycles. The minimum Gasteiger partial charge on any atom is -0.368 e. The molecule has 0 saturated carbocycles. The Bertz CT molecular complexity index is 805. The predicted molar refractivity (Wildman–Crippen MR) is 90.8 cm³/mol. The lowest BCUT2D eigenvalue weighted by molar-refractivity contribution is 0.959. The highest BCUT2D eigenvalue weighted by atomic mass is 15.2. The van der Waals surface area contributed by atoms with Crippen molar-refractivity contribution in [2.75, 3.05) is 11.9 Å². The Morgan fingerprint density at radius 2 is 1.70 bits per heavy atom. The molecule has 23 heavy (non-hydrogen) atoms. The quantitative estimate of drug-likeness (QED) is 0.781. The van der Waals surface area contributed by atoms with E-state index in [1.807, 2.05) is 24.3 Å². The zero-order valence-electron chi connectivity index (χ0n) is 12.6. The minimum absolute atomic E-state index is 0.325. The lowest BCUT2D eigenvalue weighted by Crippen LogP contribution is -2.07. The van der Waals surface area contributed by atoms with Gasteiger partial charge in [-0.3, -0.25) is 0 Å². The summed E-state index contributed by atoms with van der Waals surface area (Å²) >= 11 is 0. The average Bonchev–Trinajstić information content (AvgIpc) is 2.63. The number of benzene rings is 2. The Morgan fingerprint density at radius 3 is 2.43 bits per heavy atom. The summed E-state index contributed by atoms with van der Waals surface area (Å²) in [5, 5.41) is 19.7. The number of hydrogen-bond acceptors (Lipinski definition) is 4. The first-order chi connectivity index (χ1) is 11.3. The fraction of sp³-hybridized carbons (Fsp3) is 0.105. The van der Waals surface area contributed by atoms with Crippen LogP contribution in [0.3, 0.4) is 0 Å². The number of aromatic nitrogens is 2. The van der Waals surface area contributed by atoms with Gasteiger partial charge in [0.2, 0.25) is 0 Å². The number of anilines is 1. The summed E-state index contributed by atoms with van der Waals surface area (Å²) in [6.45, 7) is 0.763. The van der Waals surface area contributed by atoms with Gasteiger partial charge >= 0.3 is 0 Å². The molecule has 0 saturated heterocycles. The second kappa shape index (κ2) is 7.19. The molecule has 0 fully saturated rings. The van der Waals surface area contributed by atoms with Crippen LogP contribution in [0, 0.1) is 11.3 Å². The molecule has 0 bridgehead atoms. The molecule has 1 aromatic heterocycles. The molecule has 2 aromatic carbocycles. The van der Waals surface area contributed by atoms with Crippen LogP contribution in [0.25, 0.3) is 11.1 Å². The molecule has 0 atom stereocenters. The Hall–Kier alpha value is -3.19. The Morgan fingerprint density at radius 1 is 0.870 bits per heavy atom. The smallest absolute Gasteiger partial charge is 0.163 e. The minimum atomic E-state index is 0.325. The van der Waals surface area contributed by atoms with Gasteiger partial charge < -0.3 is 5.32 Å². The molecule has 3 rings (SSSR count). The van der Waals surface area contributed by atoms with Crippen molar-refractivity contribution in [3.05, 3.63) is 78.0 Å². The predicted octanol–water partition coefficient (Wildman–Crippen LogP) is 3.67. The van der Waals surface area contributed by atoms with Gasteiger partial charge in [-0.2, -0.15) is 5.26 Å². The molecule has 0 radical (unpaired) electrons. The maximum atomic E-state index is 8.70. The van der Waals surface area contributed by atoms with Crippen LogP contribution in [0.1, 0.15) is 11.3 Å². The first-order valence-electron chi connectivity index (χ1n) is 7.47. The van der Waals surface area contributed by atoms with Gasteiger partial charge in [-0.1, -0.05) is 54.6 Å². The van der Waals surface area contributed by atoms with Crippen LogP contribution in [0.5, 0.6) is 0 Å². The summed E-state index contributed by atoms with van der Waals surface area (Å²) in [6, 6.07) is 24.3. The van der Waals surface area contributed by atoms with E-state index in [1.165, 1.54) is 16.7 Å². The summed E-state index contributed by atoms with van der Waals surface area (Å²) < 4.78 is 0. The van der Waals surface area contributed by atoms with Crippen LogP contribution in [0.4, 0.5) is 5.82 Å². The monoisotopic (exact) mass is 300 g/mol. The summed E-state index contributed by atoms with van der Waals surface area (Å²) in [7, 11) is 0. The highest BCUT2D eigenvalue weighted by molar-refractivity contribution is 5.63. The van der Waals surface area contributed by atoms with Gasteiger partial charge in [-0.25, -0.2) is 0 Å². The summed E-state index contributed by atoms with van der Waals surface area (Å²) in [4.78, 5) is 0. The van der Waals surface area contributed by atoms with Crippen LogP contribution in [-0.4, -0.2) is 16.7 Å². The Kier molecular flexibility index (Phi) is 4.61. The number of nitrogens with zero attached hydrogens (tertiary/aromatic N) is 3. The van der Waals surface area contributed by atoms with E-state index in [1.54, 1.807) is 12.1 Å². The molecule has 1 heterocycles. The number of nitrogens with one attached hydrogen (secondary N) is 1. The van der Waals surface area contributed by atoms with E-state index >= 15 is 0 Å². The van der Waals surface area contributed by atoms with Gasteiger partial charge in [0, 0.05) is 6.54 Å². The molecule has 112 valence electrons. The van der Waals surface area contributed by atoms with Crippen molar-refractivity contribution in [2.45, 2.75) is 6.42 Å². The van der Waals surface area contributed by atoms with Crippen LogP contribution in [-0.2, 0) is 6.42 Å². The topological polar surface area (TPSA) is 61.6 Å². The van der Waals surface area contributed by atoms with Crippen LogP contribution < -0.4 is 5.32 Å². The van der Waals surface area contributed by atoms with Gasteiger partial charge in [0.05, 0.1) is 0 Å². The summed E-state index contributed by atoms with van der Waals surface area (Å²) in [5.74, 6) is 0.684. The molecule has 3 aromatic rings. The van der Waals surface area contributed by atoms with Crippen molar-refractivity contribution in [3.63, 3.8) is 0 Å². The highest BCUT2D eigenvalue weighted by Crippen LogP contribution is 2.20. The number of rotatable bonds is 5. The molecule has 0 spiro atoms. The Labute approximate surface area is 135 Å². The molecular formula is C19H16N4. The van der Waals surface area contributed by atoms with E-state index in [0.29, 0.717) is 11.5 Å². The van der Waals surface area contributed by atoms with Crippen molar-refractivity contribution in [1.82, 2.24) is 10.2 Å². The largest absolute Gasteiger partial charge is 0.368 e.